The Kier molecular flexibility index (Phi) is 7.90. The number of hydrogen-bond acceptors (Lipinski definition) is 5. The van der Waals surface area contributed by atoms with E-state index >= 15 is 0 Å². The molecule has 0 fully saturated rings. The molecule has 30 heavy (non-hydrogen) atoms. The Hall–Kier alpha value is -1.91. The number of hydrogen-bond donors (Lipinski definition) is 1. The van der Waals surface area contributed by atoms with E-state index in [9.17, 15) is 13.6 Å². The van der Waals surface area contributed by atoms with Crippen molar-refractivity contribution >= 4 is 51.0 Å². The predicted octanol–water partition coefficient (Wildman–Crippen LogP) is 5.33. The highest BCUT2D eigenvalue weighted by molar-refractivity contribution is 9.10. The summed E-state index contributed by atoms with van der Waals surface area (Å²) >= 11 is 5.98. The highest BCUT2D eigenvalue weighted by Crippen LogP contribution is 2.27. The number of thioether (sulfide) groups is 2. The molecule has 1 aromatic heterocycles. The van der Waals surface area contributed by atoms with Crippen LogP contribution >= 0.6 is 39.5 Å². The van der Waals surface area contributed by atoms with Gasteiger partial charge in [-0.25, -0.2) is 8.78 Å². The van der Waals surface area contributed by atoms with Crippen LogP contribution in [0, 0.1) is 18.6 Å². The van der Waals surface area contributed by atoms with Crippen LogP contribution in [-0.4, -0.2) is 26.4 Å². The number of amides is 1. The van der Waals surface area contributed by atoms with E-state index in [4.69, 9.17) is 0 Å². The molecule has 0 aliphatic rings. The van der Waals surface area contributed by atoms with Crippen molar-refractivity contribution in [2.45, 2.75) is 23.6 Å². The second kappa shape index (κ2) is 10.4. The fourth-order valence-electron chi connectivity index (χ4n) is 2.51. The second-order valence-electron chi connectivity index (χ2n) is 6.52. The summed E-state index contributed by atoms with van der Waals surface area (Å²) in [7, 11) is 1.85. The normalized spacial score (nSPS) is 11.0. The molecule has 0 atom stereocenters. The van der Waals surface area contributed by atoms with Crippen molar-refractivity contribution in [3.05, 3.63) is 69.5 Å². The number of benzene rings is 2. The third-order valence-electron chi connectivity index (χ3n) is 4.15. The fourth-order valence-corrected chi connectivity index (χ4v) is 4.71. The van der Waals surface area contributed by atoms with Crippen molar-refractivity contribution in [1.29, 1.82) is 0 Å². The maximum atomic E-state index is 13.8. The first-order valence-electron chi connectivity index (χ1n) is 8.92. The van der Waals surface area contributed by atoms with Gasteiger partial charge in [-0.2, -0.15) is 0 Å². The maximum Gasteiger partial charge on any atom is 0.234 e. The fraction of sp³-hybridized carbons (Fsp3) is 0.250. The first-order valence-corrected chi connectivity index (χ1v) is 11.9. The zero-order valence-electron chi connectivity index (χ0n) is 16.3. The third kappa shape index (κ3) is 6.05. The van der Waals surface area contributed by atoms with E-state index in [0.29, 0.717) is 10.9 Å². The molecule has 1 heterocycles. The van der Waals surface area contributed by atoms with Crippen molar-refractivity contribution in [3.8, 4) is 0 Å². The molecule has 0 saturated carbocycles. The Labute approximate surface area is 190 Å². The SMILES string of the molecule is Cc1ccc(CSCc2nnc(SCC(=O)Nc3c(F)cc(F)cc3Br)n2C)cc1. The Balaban J connectivity index is 1.51. The van der Waals surface area contributed by atoms with Gasteiger partial charge in [0.25, 0.3) is 0 Å². The number of halogens is 3. The number of aromatic nitrogens is 3. The quantitative estimate of drug-likeness (QED) is 0.413. The van der Waals surface area contributed by atoms with Crippen LogP contribution in [0.2, 0.25) is 0 Å². The molecule has 0 spiro atoms. The standard InChI is InChI=1S/C20H19BrF2N4OS2/c1-12-3-5-13(6-4-12)9-29-10-17-25-26-20(27(17)2)30-11-18(28)24-19-15(21)7-14(22)8-16(19)23/h3-8H,9-11H2,1-2H3,(H,24,28). The molecular weight excluding hydrogens is 494 g/mol. The number of carbonyl (C=O) groups is 1. The molecule has 0 aliphatic heterocycles. The molecule has 0 saturated heterocycles. The Morgan fingerprint density at radius 3 is 2.60 bits per heavy atom. The Morgan fingerprint density at radius 1 is 1.17 bits per heavy atom. The minimum Gasteiger partial charge on any atom is -0.322 e. The van der Waals surface area contributed by atoms with E-state index < -0.39 is 17.5 Å². The van der Waals surface area contributed by atoms with E-state index in [0.717, 1.165) is 23.7 Å². The van der Waals surface area contributed by atoms with Gasteiger partial charge in [0.05, 0.1) is 17.2 Å². The molecule has 0 aliphatic carbocycles. The van der Waals surface area contributed by atoms with Crippen LogP contribution in [0.15, 0.2) is 46.0 Å². The highest BCUT2D eigenvalue weighted by Gasteiger charge is 2.15. The lowest BCUT2D eigenvalue weighted by molar-refractivity contribution is -0.113. The first-order chi connectivity index (χ1) is 14.3. The summed E-state index contributed by atoms with van der Waals surface area (Å²) in [5, 5.41) is 11.4. The monoisotopic (exact) mass is 512 g/mol. The van der Waals surface area contributed by atoms with E-state index in [1.807, 2.05) is 11.6 Å². The molecule has 0 radical (unpaired) electrons. The van der Waals surface area contributed by atoms with Crippen LogP contribution in [0.1, 0.15) is 17.0 Å². The van der Waals surface area contributed by atoms with Crippen molar-refractivity contribution < 1.29 is 13.6 Å². The summed E-state index contributed by atoms with van der Waals surface area (Å²) in [5.41, 5.74) is 2.39. The molecule has 158 valence electrons. The van der Waals surface area contributed by atoms with Crippen LogP contribution < -0.4 is 5.32 Å². The summed E-state index contributed by atoms with van der Waals surface area (Å²) in [6.07, 6.45) is 0. The van der Waals surface area contributed by atoms with Crippen LogP contribution in [0.4, 0.5) is 14.5 Å². The molecule has 5 nitrogen and oxygen atoms in total. The number of carbonyl (C=O) groups excluding carboxylic acids is 1. The third-order valence-corrected chi connectivity index (χ3v) is 6.79. The van der Waals surface area contributed by atoms with Crippen molar-refractivity contribution in [3.63, 3.8) is 0 Å². The van der Waals surface area contributed by atoms with Crippen LogP contribution in [0.5, 0.6) is 0 Å². The molecule has 1 N–H and O–H groups in total. The number of rotatable bonds is 8. The van der Waals surface area contributed by atoms with Crippen molar-refractivity contribution in [2.24, 2.45) is 7.05 Å². The summed E-state index contributed by atoms with van der Waals surface area (Å²) in [6, 6.07) is 10.2. The van der Waals surface area contributed by atoms with Gasteiger partial charge in [0.2, 0.25) is 5.91 Å². The number of nitrogens with zero attached hydrogens (tertiary/aromatic N) is 3. The maximum absolute atomic E-state index is 13.8. The molecular formula is C20H19BrF2N4OS2. The van der Waals surface area contributed by atoms with Crippen LogP contribution in [0.3, 0.4) is 0 Å². The Bertz CT molecular complexity index is 1020. The number of nitrogens with one attached hydrogen (secondary N) is 1. The topological polar surface area (TPSA) is 59.8 Å². The summed E-state index contributed by atoms with van der Waals surface area (Å²) < 4.78 is 29.0. The average molecular weight is 513 g/mol. The molecule has 2 aromatic carbocycles. The first kappa shape index (κ1) is 22.8. The van der Waals surface area contributed by atoms with Gasteiger partial charge in [-0.3, -0.25) is 4.79 Å². The molecule has 1 amide bonds. The molecule has 3 rings (SSSR count). The van der Waals surface area contributed by atoms with Gasteiger partial charge in [0.1, 0.15) is 11.6 Å². The van der Waals surface area contributed by atoms with Crippen LogP contribution in [-0.2, 0) is 23.3 Å². The van der Waals surface area contributed by atoms with Gasteiger partial charge in [-0.1, -0.05) is 41.6 Å². The molecule has 0 unspecified atom stereocenters. The summed E-state index contributed by atoms with van der Waals surface area (Å²) in [5.74, 6) is 0.400. The number of anilines is 1. The Morgan fingerprint density at radius 2 is 1.90 bits per heavy atom. The molecule has 10 heteroatoms. The van der Waals surface area contributed by atoms with E-state index in [2.05, 4.69) is 62.6 Å². The van der Waals surface area contributed by atoms with E-state index in [1.54, 1.807) is 11.8 Å². The zero-order chi connectivity index (χ0) is 21.7. The van der Waals surface area contributed by atoms with Crippen molar-refractivity contribution in [1.82, 2.24) is 14.8 Å². The van der Waals surface area contributed by atoms with Gasteiger partial charge < -0.3 is 9.88 Å². The van der Waals surface area contributed by atoms with Gasteiger partial charge in [0.15, 0.2) is 11.0 Å². The highest BCUT2D eigenvalue weighted by atomic mass is 79.9. The molecule has 3 aromatic rings. The van der Waals surface area contributed by atoms with E-state index in [1.165, 1.54) is 22.9 Å². The van der Waals surface area contributed by atoms with Gasteiger partial charge in [0, 0.05) is 23.3 Å². The number of aryl methyl sites for hydroxylation is 1. The lowest BCUT2D eigenvalue weighted by Gasteiger charge is -2.09. The smallest absolute Gasteiger partial charge is 0.234 e. The van der Waals surface area contributed by atoms with Crippen molar-refractivity contribution in [2.75, 3.05) is 11.1 Å². The van der Waals surface area contributed by atoms with Gasteiger partial charge >= 0.3 is 0 Å². The summed E-state index contributed by atoms with van der Waals surface area (Å²) in [6.45, 7) is 2.06. The van der Waals surface area contributed by atoms with E-state index in [-0.39, 0.29) is 15.9 Å². The second-order valence-corrected chi connectivity index (χ2v) is 9.30. The van der Waals surface area contributed by atoms with Crippen LogP contribution in [0.25, 0.3) is 0 Å². The lowest BCUT2D eigenvalue weighted by Crippen LogP contribution is -2.16. The minimum absolute atomic E-state index is 0.0196. The zero-order valence-corrected chi connectivity index (χ0v) is 19.5. The minimum atomic E-state index is -0.841. The van der Waals surface area contributed by atoms with Gasteiger partial charge in [-0.15, -0.1) is 22.0 Å². The van der Waals surface area contributed by atoms with Gasteiger partial charge in [-0.05, 0) is 34.5 Å². The molecule has 0 bridgehead atoms. The predicted molar refractivity (Wildman–Crippen MR) is 121 cm³/mol. The summed E-state index contributed by atoms with van der Waals surface area (Å²) in [4.78, 5) is 12.2. The average Bonchev–Trinajstić information content (AvgIpc) is 3.04. The lowest BCUT2D eigenvalue weighted by atomic mass is 10.2. The largest absolute Gasteiger partial charge is 0.322 e.